The van der Waals surface area contributed by atoms with Gasteiger partial charge in [0.1, 0.15) is 0 Å². The Morgan fingerprint density at radius 2 is 2.11 bits per heavy atom. The van der Waals surface area contributed by atoms with Crippen molar-refractivity contribution in [3.63, 3.8) is 0 Å². The second-order valence-corrected chi connectivity index (χ2v) is 3.90. The van der Waals surface area contributed by atoms with Gasteiger partial charge >= 0.3 is 8.03 Å². The van der Waals surface area contributed by atoms with E-state index in [1.165, 1.54) is 7.11 Å². The predicted octanol–water partition coefficient (Wildman–Crippen LogP) is 2.42. The maximum absolute atomic E-state index is 10.6. The molecule has 0 amide bonds. The van der Waals surface area contributed by atoms with Crippen molar-refractivity contribution in [2.45, 2.75) is 20.3 Å². The first-order valence-electron chi connectivity index (χ1n) is 3.15. The van der Waals surface area contributed by atoms with Crippen LogP contribution in [0.15, 0.2) is 0 Å². The van der Waals surface area contributed by atoms with Gasteiger partial charge in [0.2, 0.25) is 0 Å². The van der Waals surface area contributed by atoms with E-state index in [1.807, 2.05) is 0 Å². The van der Waals surface area contributed by atoms with Crippen molar-refractivity contribution in [3.8, 4) is 0 Å². The fourth-order valence-electron chi connectivity index (χ4n) is 0.455. The normalized spacial score (nSPS) is 12.2. The molecule has 0 aliphatic carbocycles. The lowest BCUT2D eigenvalue weighted by atomic mass is 10.2. The summed E-state index contributed by atoms with van der Waals surface area (Å²) >= 11 is 0. The minimum atomic E-state index is -1.36. The highest BCUT2D eigenvalue weighted by Crippen LogP contribution is 2.22. The van der Waals surface area contributed by atoms with Crippen LogP contribution >= 0.6 is 8.03 Å². The van der Waals surface area contributed by atoms with Crippen molar-refractivity contribution in [3.05, 3.63) is 0 Å². The molecule has 0 aromatic carbocycles. The Bertz CT molecular complexity index is 91.1. The lowest BCUT2D eigenvalue weighted by molar-refractivity contribution is 0.411. The van der Waals surface area contributed by atoms with E-state index in [-0.39, 0.29) is 0 Å². The molecule has 0 aromatic heterocycles. The Morgan fingerprint density at radius 1 is 1.56 bits per heavy atom. The van der Waals surface area contributed by atoms with Gasteiger partial charge in [-0.05, 0) is 16.9 Å². The maximum Gasteiger partial charge on any atom is 0.507 e. The van der Waals surface area contributed by atoms with Crippen molar-refractivity contribution in [2.24, 2.45) is 5.92 Å². The standard InChI is InChI=1S/C6H14O2P/c1-6(2)4-5-9(7)8-3/h6H,4-5H2,1-3H3/q+1. The molecule has 1 atom stereocenters. The van der Waals surface area contributed by atoms with Crippen LogP contribution in [0.5, 0.6) is 0 Å². The highest BCUT2D eigenvalue weighted by Gasteiger charge is 2.13. The van der Waals surface area contributed by atoms with E-state index in [0.717, 1.165) is 6.42 Å². The van der Waals surface area contributed by atoms with Gasteiger partial charge < -0.3 is 0 Å². The first kappa shape index (κ1) is 9.06. The second kappa shape index (κ2) is 4.89. The van der Waals surface area contributed by atoms with E-state index in [2.05, 4.69) is 18.4 Å². The quantitative estimate of drug-likeness (QED) is 0.574. The van der Waals surface area contributed by atoms with Crippen LogP contribution in [0.2, 0.25) is 0 Å². The predicted molar refractivity (Wildman–Crippen MR) is 38.9 cm³/mol. The van der Waals surface area contributed by atoms with Crippen molar-refractivity contribution in [2.75, 3.05) is 13.3 Å². The van der Waals surface area contributed by atoms with E-state index >= 15 is 0 Å². The van der Waals surface area contributed by atoms with Crippen molar-refractivity contribution in [1.82, 2.24) is 0 Å². The van der Waals surface area contributed by atoms with Gasteiger partial charge in [0, 0.05) is 0 Å². The molecule has 0 saturated carbocycles. The Morgan fingerprint density at radius 3 is 2.44 bits per heavy atom. The lowest BCUT2D eigenvalue weighted by Gasteiger charge is -1.93. The van der Waals surface area contributed by atoms with Crippen LogP contribution < -0.4 is 0 Å². The van der Waals surface area contributed by atoms with Gasteiger partial charge in [0.25, 0.3) is 0 Å². The third kappa shape index (κ3) is 5.94. The topological polar surface area (TPSA) is 26.3 Å². The third-order valence-electron chi connectivity index (χ3n) is 1.09. The second-order valence-electron chi connectivity index (χ2n) is 2.42. The Hall–Kier alpha value is 0.0600. The van der Waals surface area contributed by atoms with Crippen LogP contribution in [0.4, 0.5) is 0 Å². The number of rotatable bonds is 4. The van der Waals surface area contributed by atoms with Crippen LogP contribution in [0.1, 0.15) is 20.3 Å². The summed E-state index contributed by atoms with van der Waals surface area (Å²) in [6.07, 6.45) is 1.69. The molecule has 1 unspecified atom stereocenters. The van der Waals surface area contributed by atoms with E-state index in [9.17, 15) is 4.57 Å². The minimum absolute atomic E-state index is 0.624. The summed E-state index contributed by atoms with van der Waals surface area (Å²) in [6, 6.07) is 0. The summed E-state index contributed by atoms with van der Waals surface area (Å²) in [4.78, 5) is 0. The van der Waals surface area contributed by atoms with Crippen molar-refractivity contribution in [1.29, 1.82) is 0 Å². The monoisotopic (exact) mass is 149 g/mol. The average molecular weight is 149 g/mol. The van der Waals surface area contributed by atoms with E-state index in [1.54, 1.807) is 0 Å². The van der Waals surface area contributed by atoms with Crippen LogP contribution in [-0.4, -0.2) is 13.3 Å². The summed E-state index contributed by atoms with van der Waals surface area (Å²) in [6.45, 7) is 4.22. The lowest BCUT2D eigenvalue weighted by Crippen LogP contribution is -1.89. The molecule has 0 rings (SSSR count). The molecule has 0 spiro atoms. The zero-order chi connectivity index (χ0) is 7.28. The molecule has 0 saturated heterocycles. The molecular formula is C6H14O2P+. The van der Waals surface area contributed by atoms with Crippen LogP contribution in [0, 0.1) is 5.92 Å². The van der Waals surface area contributed by atoms with Gasteiger partial charge in [-0.15, -0.1) is 4.52 Å². The van der Waals surface area contributed by atoms with E-state index < -0.39 is 8.03 Å². The maximum atomic E-state index is 10.6. The molecule has 2 nitrogen and oxygen atoms in total. The smallest absolute Gasteiger partial charge is 0.150 e. The van der Waals surface area contributed by atoms with Crippen molar-refractivity contribution >= 4 is 8.03 Å². The van der Waals surface area contributed by atoms with Crippen molar-refractivity contribution < 1.29 is 9.09 Å². The molecule has 54 valence electrons. The third-order valence-corrected chi connectivity index (χ3v) is 2.12. The zero-order valence-electron chi connectivity index (χ0n) is 6.26. The van der Waals surface area contributed by atoms with E-state index in [0.29, 0.717) is 12.1 Å². The number of hydrogen-bond donors (Lipinski definition) is 0. The van der Waals surface area contributed by atoms with Gasteiger partial charge in [0.05, 0.1) is 7.11 Å². The molecule has 0 heterocycles. The molecule has 0 aromatic rings. The van der Waals surface area contributed by atoms with Gasteiger partial charge in [-0.25, -0.2) is 0 Å². The Balaban J connectivity index is 3.17. The summed E-state index contributed by atoms with van der Waals surface area (Å²) in [5, 5.41) is 0. The Kier molecular flexibility index (Phi) is 4.93. The van der Waals surface area contributed by atoms with Gasteiger partial charge in [-0.1, -0.05) is 13.8 Å². The highest BCUT2D eigenvalue weighted by atomic mass is 31.1. The molecule has 0 fully saturated rings. The fraction of sp³-hybridized carbons (Fsp3) is 1.00. The molecule has 0 aliphatic rings. The summed E-state index contributed by atoms with van der Waals surface area (Å²) in [5.41, 5.74) is 0. The fourth-order valence-corrected chi connectivity index (χ4v) is 1.36. The SMILES string of the molecule is CO[P+](=O)CCC(C)C. The van der Waals surface area contributed by atoms with Gasteiger partial charge in [0.15, 0.2) is 6.16 Å². The molecule has 9 heavy (non-hydrogen) atoms. The first-order valence-corrected chi connectivity index (χ1v) is 4.52. The molecule has 0 radical (unpaired) electrons. The van der Waals surface area contributed by atoms with E-state index in [4.69, 9.17) is 0 Å². The molecular weight excluding hydrogens is 135 g/mol. The summed E-state index contributed by atoms with van der Waals surface area (Å²) in [5.74, 6) is 0.624. The van der Waals surface area contributed by atoms with Gasteiger partial charge in [-0.3, -0.25) is 0 Å². The summed E-state index contributed by atoms with van der Waals surface area (Å²) in [7, 11) is 0.124. The summed E-state index contributed by atoms with van der Waals surface area (Å²) < 4.78 is 15.3. The average Bonchev–Trinajstić information content (AvgIpc) is 1.83. The molecule has 0 bridgehead atoms. The molecule has 0 N–H and O–H groups in total. The first-order chi connectivity index (χ1) is 4.16. The zero-order valence-corrected chi connectivity index (χ0v) is 7.15. The van der Waals surface area contributed by atoms with Crippen LogP contribution in [-0.2, 0) is 9.09 Å². The largest absolute Gasteiger partial charge is 0.507 e. The van der Waals surface area contributed by atoms with Crippen LogP contribution in [0.25, 0.3) is 0 Å². The Labute approximate surface area is 57.5 Å². The molecule has 3 heteroatoms. The minimum Gasteiger partial charge on any atom is -0.150 e. The van der Waals surface area contributed by atoms with Gasteiger partial charge in [-0.2, -0.15) is 0 Å². The highest BCUT2D eigenvalue weighted by molar-refractivity contribution is 7.39. The van der Waals surface area contributed by atoms with Crippen LogP contribution in [0.3, 0.4) is 0 Å². The number of hydrogen-bond acceptors (Lipinski definition) is 2. The molecule has 0 aliphatic heterocycles.